The Morgan fingerprint density at radius 1 is 1.50 bits per heavy atom. The first kappa shape index (κ1) is 11.3. The van der Waals surface area contributed by atoms with E-state index in [1.807, 2.05) is 0 Å². The highest BCUT2D eigenvalue weighted by Gasteiger charge is 2.34. The number of carbonyl (C=O) groups excluding carboxylic acids is 1. The molecule has 0 N–H and O–H groups in total. The van der Waals surface area contributed by atoms with Crippen molar-refractivity contribution in [1.29, 1.82) is 0 Å². The number of halogens is 3. The Morgan fingerprint density at radius 3 is 2.25 bits per heavy atom. The van der Waals surface area contributed by atoms with Gasteiger partial charge in [-0.3, -0.25) is 4.79 Å². The fourth-order valence-corrected chi connectivity index (χ4v) is 0.843. The van der Waals surface area contributed by atoms with Crippen molar-refractivity contribution in [2.75, 3.05) is 7.11 Å². The third-order valence-corrected chi connectivity index (χ3v) is 1.72. The fourth-order valence-electron chi connectivity index (χ4n) is 0.843. The third-order valence-electron chi connectivity index (χ3n) is 1.72. The van der Waals surface area contributed by atoms with E-state index >= 15 is 0 Å². The first-order chi connectivity index (χ1) is 5.41. The van der Waals surface area contributed by atoms with Crippen LogP contribution in [0.3, 0.4) is 0 Å². The van der Waals surface area contributed by atoms with Crippen LogP contribution in [-0.4, -0.2) is 20.1 Å². The molecule has 6 heteroatoms. The van der Waals surface area contributed by atoms with E-state index in [0.717, 1.165) is 7.11 Å². The first-order valence-electron chi connectivity index (χ1n) is 3.68. The van der Waals surface area contributed by atoms with Gasteiger partial charge >= 0.3 is 12.9 Å². The molecule has 0 spiro atoms. The highest BCUT2D eigenvalue weighted by atomic mass is 19.4. The molecule has 0 aromatic carbocycles. The Bertz CT molecular complexity index is 157. The lowest BCUT2D eigenvalue weighted by Gasteiger charge is -2.23. The summed E-state index contributed by atoms with van der Waals surface area (Å²) in [6, 6.07) is 0. The molecule has 0 heterocycles. The van der Waals surface area contributed by atoms with Crippen LogP contribution in [0.25, 0.3) is 0 Å². The molecule has 72 valence electrons. The predicted molar refractivity (Wildman–Crippen MR) is 39.8 cm³/mol. The largest absolute Gasteiger partial charge is 0.481 e. The van der Waals surface area contributed by atoms with E-state index in [2.05, 4.69) is 4.74 Å². The summed E-state index contributed by atoms with van der Waals surface area (Å²) in [7, 11) is 1.08. The SMILES string of the molecule is CC[C@@H](CC(=O)OC)[B-](F)(F)F. The van der Waals surface area contributed by atoms with E-state index in [-0.39, 0.29) is 6.42 Å². The molecule has 0 aliphatic rings. The summed E-state index contributed by atoms with van der Waals surface area (Å²) in [6.07, 6.45) is -0.630. The Morgan fingerprint density at radius 2 is 2.00 bits per heavy atom. The van der Waals surface area contributed by atoms with Gasteiger partial charge in [-0.15, -0.1) is 0 Å². The standard InChI is InChI=1S/C6H11BF3O2/c1-3-5(7(8,9)10)4-6(11)12-2/h5H,3-4H2,1-2H3/q-1/t5-/m0/s1. The van der Waals surface area contributed by atoms with E-state index in [1.165, 1.54) is 6.92 Å². The zero-order valence-electron chi connectivity index (χ0n) is 7.02. The van der Waals surface area contributed by atoms with Gasteiger partial charge in [-0.2, -0.15) is 0 Å². The van der Waals surface area contributed by atoms with Crippen LogP contribution in [0.4, 0.5) is 12.9 Å². The Hall–Kier alpha value is -0.675. The highest BCUT2D eigenvalue weighted by molar-refractivity contribution is 6.60. The van der Waals surface area contributed by atoms with Crippen LogP contribution in [0.15, 0.2) is 0 Å². The Labute approximate surface area is 69.1 Å². The van der Waals surface area contributed by atoms with Crippen molar-refractivity contribution in [3.8, 4) is 0 Å². The average molecular weight is 183 g/mol. The van der Waals surface area contributed by atoms with Crippen LogP contribution in [-0.2, 0) is 9.53 Å². The molecule has 0 aliphatic heterocycles. The minimum atomic E-state index is -4.92. The molecule has 12 heavy (non-hydrogen) atoms. The van der Waals surface area contributed by atoms with Gasteiger partial charge in [-0.05, 0) is 0 Å². The van der Waals surface area contributed by atoms with Gasteiger partial charge in [-0.25, -0.2) is 0 Å². The van der Waals surface area contributed by atoms with Gasteiger partial charge in [0.25, 0.3) is 0 Å². The summed E-state index contributed by atoms with van der Waals surface area (Å²) in [5.41, 5.74) is 0. The summed E-state index contributed by atoms with van der Waals surface area (Å²) in [6.45, 7) is -3.51. The van der Waals surface area contributed by atoms with Crippen LogP contribution in [0, 0.1) is 0 Å². The topological polar surface area (TPSA) is 26.3 Å². The quantitative estimate of drug-likeness (QED) is 0.493. The van der Waals surface area contributed by atoms with Crippen molar-refractivity contribution >= 4 is 12.9 Å². The molecule has 0 aromatic rings. The highest BCUT2D eigenvalue weighted by Crippen LogP contribution is 2.32. The van der Waals surface area contributed by atoms with Crippen LogP contribution < -0.4 is 0 Å². The summed E-state index contributed by atoms with van der Waals surface area (Å²) in [5.74, 6) is -2.32. The zero-order chi connectivity index (χ0) is 9.78. The number of rotatable bonds is 4. The van der Waals surface area contributed by atoms with Crippen molar-refractivity contribution < 1.29 is 22.5 Å². The summed E-state index contributed by atoms with van der Waals surface area (Å²) >= 11 is 0. The van der Waals surface area contributed by atoms with E-state index in [9.17, 15) is 17.7 Å². The summed E-state index contributed by atoms with van der Waals surface area (Å²) in [4.78, 5) is 10.5. The summed E-state index contributed by atoms with van der Waals surface area (Å²) < 4.78 is 40.4. The average Bonchev–Trinajstić information content (AvgIpc) is 1.97. The second-order valence-electron chi connectivity index (χ2n) is 2.57. The lowest BCUT2D eigenvalue weighted by molar-refractivity contribution is -0.140. The normalized spacial score (nSPS) is 14.1. The molecular weight excluding hydrogens is 172 g/mol. The molecule has 0 saturated carbocycles. The van der Waals surface area contributed by atoms with Gasteiger partial charge in [0, 0.05) is 6.42 Å². The molecule has 1 atom stereocenters. The molecular formula is C6H11BF3O2-. The van der Waals surface area contributed by atoms with Crippen LogP contribution in [0.2, 0.25) is 5.82 Å². The van der Waals surface area contributed by atoms with Gasteiger partial charge in [0.05, 0.1) is 7.11 Å². The maximum atomic E-state index is 12.1. The minimum Gasteiger partial charge on any atom is -0.469 e. The van der Waals surface area contributed by atoms with Crippen LogP contribution >= 0.6 is 0 Å². The molecule has 0 radical (unpaired) electrons. The number of hydrogen-bond acceptors (Lipinski definition) is 2. The van der Waals surface area contributed by atoms with Gasteiger partial charge in [-0.1, -0.05) is 19.2 Å². The van der Waals surface area contributed by atoms with Crippen molar-refractivity contribution in [1.82, 2.24) is 0 Å². The van der Waals surface area contributed by atoms with E-state index in [1.54, 1.807) is 0 Å². The van der Waals surface area contributed by atoms with Gasteiger partial charge in [0.1, 0.15) is 0 Å². The van der Waals surface area contributed by atoms with Crippen molar-refractivity contribution in [2.24, 2.45) is 0 Å². The van der Waals surface area contributed by atoms with E-state index in [0.29, 0.717) is 0 Å². The molecule has 0 bridgehead atoms. The molecule has 0 aliphatic carbocycles. The molecule has 0 amide bonds. The van der Waals surface area contributed by atoms with Crippen molar-refractivity contribution in [2.45, 2.75) is 25.6 Å². The van der Waals surface area contributed by atoms with Crippen molar-refractivity contribution in [3.05, 3.63) is 0 Å². The second-order valence-corrected chi connectivity index (χ2v) is 2.57. The molecule has 0 rings (SSSR count). The lowest BCUT2D eigenvalue weighted by atomic mass is 9.69. The van der Waals surface area contributed by atoms with Gasteiger partial charge < -0.3 is 17.7 Å². The summed E-state index contributed by atoms with van der Waals surface area (Å²) in [5, 5.41) is 0. The maximum Gasteiger partial charge on any atom is 0.481 e. The number of hydrogen-bond donors (Lipinski definition) is 0. The number of methoxy groups -OCH3 is 1. The molecule has 0 saturated heterocycles. The fraction of sp³-hybridized carbons (Fsp3) is 0.833. The predicted octanol–water partition coefficient (Wildman–Crippen LogP) is 2.18. The maximum absolute atomic E-state index is 12.1. The zero-order valence-corrected chi connectivity index (χ0v) is 7.02. The first-order valence-corrected chi connectivity index (χ1v) is 3.68. The second kappa shape index (κ2) is 4.38. The van der Waals surface area contributed by atoms with Crippen molar-refractivity contribution in [3.63, 3.8) is 0 Å². The number of ether oxygens (including phenoxy) is 1. The van der Waals surface area contributed by atoms with Crippen LogP contribution in [0.5, 0.6) is 0 Å². The smallest absolute Gasteiger partial charge is 0.469 e. The third kappa shape index (κ3) is 3.64. The van der Waals surface area contributed by atoms with Gasteiger partial charge in [0.15, 0.2) is 0 Å². The Balaban J connectivity index is 4.09. The lowest BCUT2D eigenvalue weighted by Crippen LogP contribution is -2.26. The molecule has 0 unspecified atom stereocenters. The van der Waals surface area contributed by atoms with Gasteiger partial charge in [0.2, 0.25) is 0 Å². The Kier molecular flexibility index (Phi) is 4.13. The molecule has 2 nitrogen and oxygen atoms in total. The monoisotopic (exact) mass is 183 g/mol. The molecule has 0 fully saturated rings. The number of esters is 1. The number of carbonyl (C=O) groups is 1. The molecule has 0 aromatic heterocycles. The van der Waals surface area contributed by atoms with E-state index in [4.69, 9.17) is 0 Å². The minimum absolute atomic E-state index is 0.0708. The van der Waals surface area contributed by atoms with E-state index < -0.39 is 25.2 Å². The van der Waals surface area contributed by atoms with Crippen LogP contribution in [0.1, 0.15) is 19.8 Å².